The Morgan fingerprint density at radius 1 is 1.06 bits per heavy atom. The molecule has 3 heterocycles. The zero-order chi connectivity index (χ0) is 23.9. The molecular weight excluding hydrogens is 452 g/mol. The molecule has 184 valence electrons. The first-order chi connectivity index (χ1) is 17.1. The van der Waals surface area contributed by atoms with Gasteiger partial charge in [-0.3, -0.25) is 4.79 Å². The number of rotatable bonds is 6. The molecule has 3 aromatic rings. The van der Waals surface area contributed by atoms with Crippen LogP contribution in [0.5, 0.6) is 0 Å². The van der Waals surface area contributed by atoms with Crippen LogP contribution in [-0.4, -0.2) is 47.0 Å². The fourth-order valence-corrected chi connectivity index (χ4v) is 6.98. The van der Waals surface area contributed by atoms with E-state index in [9.17, 15) is 4.79 Å². The summed E-state index contributed by atoms with van der Waals surface area (Å²) in [7, 11) is 0. The summed E-state index contributed by atoms with van der Waals surface area (Å²) >= 11 is 1.91. The molecule has 0 bridgehead atoms. The van der Waals surface area contributed by atoms with Gasteiger partial charge >= 0.3 is 0 Å². The third-order valence-corrected chi connectivity index (χ3v) is 9.13. The van der Waals surface area contributed by atoms with Gasteiger partial charge in [-0.1, -0.05) is 32.4 Å². The summed E-state index contributed by atoms with van der Waals surface area (Å²) in [6.45, 7) is 7.72. The van der Waals surface area contributed by atoms with E-state index >= 15 is 0 Å². The molecule has 1 atom stereocenters. The number of aromatic nitrogens is 2. The van der Waals surface area contributed by atoms with Crippen molar-refractivity contribution in [1.29, 1.82) is 0 Å². The monoisotopic (exact) mass is 488 g/mol. The van der Waals surface area contributed by atoms with E-state index in [4.69, 9.17) is 9.97 Å². The number of thiophene rings is 1. The molecule has 0 radical (unpaired) electrons. The molecule has 2 aliphatic carbocycles. The molecule has 1 aliphatic heterocycles. The molecule has 5 nitrogen and oxygen atoms in total. The van der Waals surface area contributed by atoms with E-state index in [1.807, 2.05) is 28.4 Å². The van der Waals surface area contributed by atoms with E-state index in [1.165, 1.54) is 64.7 Å². The summed E-state index contributed by atoms with van der Waals surface area (Å²) in [5, 5.41) is 1.31. The lowest BCUT2D eigenvalue weighted by molar-refractivity contribution is 0.0746. The predicted molar refractivity (Wildman–Crippen MR) is 144 cm³/mol. The molecule has 1 saturated carbocycles. The van der Waals surface area contributed by atoms with Crippen LogP contribution in [0, 0.1) is 5.92 Å². The largest absolute Gasteiger partial charge is 0.352 e. The van der Waals surface area contributed by atoms with E-state index in [1.54, 1.807) is 0 Å². The normalized spacial score (nSPS) is 20.3. The van der Waals surface area contributed by atoms with E-state index in [2.05, 4.69) is 30.9 Å². The van der Waals surface area contributed by atoms with Gasteiger partial charge in [0.15, 0.2) is 0 Å². The molecule has 0 spiro atoms. The number of amides is 1. The van der Waals surface area contributed by atoms with Crippen molar-refractivity contribution in [2.45, 2.75) is 71.1 Å². The fourth-order valence-electron chi connectivity index (χ4n) is 5.59. The van der Waals surface area contributed by atoms with Crippen molar-refractivity contribution in [2.75, 3.05) is 31.1 Å². The van der Waals surface area contributed by atoms with Crippen molar-refractivity contribution in [2.24, 2.45) is 5.92 Å². The Morgan fingerprint density at radius 3 is 2.54 bits per heavy atom. The Kier molecular flexibility index (Phi) is 6.25. The van der Waals surface area contributed by atoms with Crippen molar-refractivity contribution in [3.05, 3.63) is 51.7 Å². The molecule has 2 aromatic heterocycles. The van der Waals surface area contributed by atoms with E-state index in [-0.39, 0.29) is 5.91 Å². The van der Waals surface area contributed by atoms with Crippen molar-refractivity contribution >= 4 is 33.3 Å². The molecule has 6 heteroatoms. The molecule has 1 saturated heterocycles. The molecule has 1 amide bonds. The number of hydrogen-bond donors (Lipinski definition) is 0. The molecule has 1 aromatic carbocycles. The Hall–Kier alpha value is -2.47. The molecular formula is C29H36N4OS. The molecule has 0 N–H and O–H groups in total. The summed E-state index contributed by atoms with van der Waals surface area (Å²) in [6.07, 6.45) is 9.47. The van der Waals surface area contributed by atoms with Crippen molar-refractivity contribution in [3.63, 3.8) is 0 Å². The lowest BCUT2D eigenvalue weighted by Crippen LogP contribution is -2.49. The van der Waals surface area contributed by atoms with E-state index < -0.39 is 0 Å². The number of unbranched alkanes of at least 4 members (excludes halogenated alkanes) is 1. The van der Waals surface area contributed by atoms with Crippen molar-refractivity contribution < 1.29 is 4.79 Å². The Morgan fingerprint density at radius 2 is 1.83 bits per heavy atom. The molecule has 1 unspecified atom stereocenters. The van der Waals surface area contributed by atoms with Crippen LogP contribution < -0.4 is 4.90 Å². The van der Waals surface area contributed by atoms with Crippen molar-refractivity contribution in [1.82, 2.24) is 14.9 Å². The molecule has 3 aliphatic rings. The number of nitrogens with zero attached hydrogens (tertiary/aromatic N) is 4. The second-order valence-electron chi connectivity index (χ2n) is 10.8. The Bertz CT molecular complexity index is 1220. The van der Waals surface area contributed by atoms with Crippen LogP contribution in [0.3, 0.4) is 0 Å². The SMILES string of the molecule is CCCCc1ccc(C(=O)N2CCN(c3nc(C4CC4)nc4sc5c(c34)CCC(C)C5)CC2)cc1. The second kappa shape index (κ2) is 9.53. The quantitative estimate of drug-likeness (QED) is 0.427. The van der Waals surface area contributed by atoms with E-state index in [0.717, 1.165) is 62.1 Å². The zero-order valence-electron chi connectivity index (χ0n) is 21.1. The van der Waals surface area contributed by atoms with Crippen LogP contribution in [0.1, 0.15) is 84.1 Å². The predicted octanol–water partition coefficient (Wildman–Crippen LogP) is 6.00. The Balaban J connectivity index is 1.21. The average Bonchev–Trinajstić information content (AvgIpc) is 3.68. The van der Waals surface area contributed by atoms with Gasteiger partial charge in [-0.2, -0.15) is 0 Å². The first-order valence-electron chi connectivity index (χ1n) is 13.6. The number of fused-ring (bicyclic) bond motifs is 3. The second-order valence-corrected chi connectivity index (χ2v) is 11.9. The third kappa shape index (κ3) is 4.57. The molecule has 2 fully saturated rings. The minimum atomic E-state index is 0.153. The number of aryl methyl sites for hydroxylation is 2. The highest BCUT2D eigenvalue weighted by molar-refractivity contribution is 7.19. The van der Waals surface area contributed by atoms with Crippen molar-refractivity contribution in [3.8, 4) is 0 Å². The smallest absolute Gasteiger partial charge is 0.253 e. The standard InChI is InChI=1S/C29H36N4OS/c1-3-4-5-20-7-9-22(10-8-20)29(34)33-16-14-32(15-17-33)27-25-23-13-6-19(2)18-24(23)35-28(25)31-26(30-27)21-11-12-21/h7-10,19,21H,3-6,11-18H2,1-2H3. The summed E-state index contributed by atoms with van der Waals surface area (Å²) < 4.78 is 0. The maximum atomic E-state index is 13.2. The van der Waals surface area contributed by atoms with Gasteiger partial charge < -0.3 is 9.80 Å². The van der Waals surface area contributed by atoms with Gasteiger partial charge in [0.05, 0.1) is 5.39 Å². The van der Waals surface area contributed by atoms with E-state index in [0.29, 0.717) is 5.92 Å². The number of benzene rings is 1. The maximum absolute atomic E-state index is 13.2. The number of piperazine rings is 1. The van der Waals surface area contributed by atoms with Crippen LogP contribution in [0.2, 0.25) is 0 Å². The van der Waals surface area contributed by atoms with Crippen LogP contribution in [-0.2, 0) is 19.3 Å². The maximum Gasteiger partial charge on any atom is 0.253 e. The molecule has 35 heavy (non-hydrogen) atoms. The first-order valence-corrected chi connectivity index (χ1v) is 14.4. The first kappa shape index (κ1) is 23.0. The minimum Gasteiger partial charge on any atom is -0.352 e. The van der Waals surface area contributed by atoms with Crippen LogP contribution in [0.15, 0.2) is 24.3 Å². The zero-order valence-corrected chi connectivity index (χ0v) is 21.9. The van der Waals surface area contributed by atoms with Gasteiger partial charge in [-0.25, -0.2) is 9.97 Å². The third-order valence-electron chi connectivity index (χ3n) is 7.98. The van der Waals surface area contributed by atoms with Crippen LogP contribution >= 0.6 is 11.3 Å². The van der Waals surface area contributed by atoms with Gasteiger partial charge in [0.2, 0.25) is 0 Å². The number of anilines is 1. The highest BCUT2D eigenvalue weighted by Gasteiger charge is 2.32. The summed E-state index contributed by atoms with van der Waals surface area (Å²) in [6, 6.07) is 8.26. The number of carbonyl (C=O) groups excluding carboxylic acids is 1. The molecule has 6 rings (SSSR count). The lowest BCUT2D eigenvalue weighted by Gasteiger charge is -2.36. The summed E-state index contributed by atoms with van der Waals surface area (Å²) in [5.74, 6) is 3.63. The van der Waals surface area contributed by atoms with Gasteiger partial charge in [0.25, 0.3) is 5.91 Å². The lowest BCUT2D eigenvalue weighted by atomic mass is 9.89. The van der Waals surface area contributed by atoms with Crippen LogP contribution in [0.4, 0.5) is 5.82 Å². The fraction of sp³-hybridized carbons (Fsp3) is 0.552. The number of hydrogen-bond acceptors (Lipinski definition) is 5. The number of carbonyl (C=O) groups is 1. The van der Waals surface area contributed by atoms with Crippen LogP contribution in [0.25, 0.3) is 10.2 Å². The average molecular weight is 489 g/mol. The van der Waals surface area contributed by atoms with Gasteiger partial charge in [0, 0.05) is 42.5 Å². The van der Waals surface area contributed by atoms with Gasteiger partial charge in [0.1, 0.15) is 16.5 Å². The Labute approximate surface area is 212 Å². The highest BCUT2D eigenvalue weighted by Crippen LogP contribution is 2.44. The highest BCUT2D eigenvalue weighted by atomic mass is 32.1. The van der Waals surface area contributed by atoms with Gasteiger partial charge in [-0.05, 0) is 74.1 Å². The van der Waals surface area contributed by atoms with Gasteiger partial charge in [-0.15, -0.1) is 11.3 Å². The topological polar surface area (TPSA) is 49.3 Å². The summed E-state index contributed by atoms with van der Waals surface area (Å²) in [4.78, 5) is 30.6. The minimum absolute atomic E-state index is 0.153. The summed E-state index contributed by atoms with van der Waals surface area (Å²) in [5.41, 5.74) is 3.63.